The van der Waals surface area contributed by atoms with Gasteiger partial charge in [-0.25, -0.2) is 0 Å². The van der Waals surface area contributed by atoms with Gasteiger partial charge in [0.1, 0.15) is 11.6 Å². The van der Waals surface area contributed by atoms with Gasteiger partial charge in [0.2, 0.25) is 0 Å². The lowest BCUT2D eigenvalue weighted by atomic mass is 10.1. The van der Waals surface area contributed by atoms with Crippen molar-refractivity contribution >= 4 is 35.1 Å². The SMILES string of the molecule is Cc1ccc(NC(=O)C(C#N)=Cc2ccc(SCCO)c([N+](=O)[O-])c2)cc1. The number of anilines is 1. The maximum Gasteiger partial charge on any atom is 0.283 e. The number of nitro benzene ring substituents is 1. The largest absolute Gasteiger partial charge is 0.396 e. The highest BCUT2D eigenvalue weighted by Crippen LogP contribution is 2.30. The topological polar surface area (TPSA) is 116 Å². The van der Waals surface area contributed by atoms with Gasteiger partial charge in [0, 0.05) is 17.5 Å². The lowest BCUT2D eigenvalue weighted by Crippen LogP contribution is -2.13. The van der Waals surface area contributed by atoms with Gasteiger partial charge in [-0.05, 0) is 36.8 Å². The molecule has 0 saturated heterocycles. The second kappa shape index (κ2) is 9.52. The highest BCUT2D eigenvalue weighted by molar-refractivity contribution is 7.99. The molecule has 1 amide bonds. The minimum Gasteiger partial charge on any atom is -0.396 e. The number of nitro groups is 1. The van der Waals surface area contributed by atoms with E-state index in [1.54, 1.807) is 18.2 Å². The second-order valence-corrected chi connectivity index (χ2v) is 6.68. The van der Waals surface area contributed by atoms with E-state index in [9.17, 15) is 20.2 Å². The molecular weight excluding hydrogens is 366 g/mol. The van der Waals surface area contributed by atoms with Crippen molar-refractivity contribution in [3.63, 3.8) is 0 Å². The van der Waals surface area contributed by atoms with Crippen LogP contribution in [-0.2, 0) is 4.79 Å². The molecule has 0 atom stereocenters. The molecule has 27 heavy (non-hydrogen) atoms. The first kappa shape index (κ1) is 20.2. The molecule has 2 aromatic carbocycles. The number of aryl methyl sites for hydroxylation is 1. The Morgan fingerprint density at radius 1 is 1.33 bits per heavy atom. The summed E-state index contributed by atoms with van der Waals surface area (Å²) in [4.78, 5) is 23.4. The summed E-state index contributed by atoms with van der Waals surface area (Å²) in [7, 11) is 0. The molecule has 8 heteroatoms. The van der Waals surface area contributed by atoms with Crippen LogP contribution in [0.5, 0.6) is 0 Å². The van der Waals surface area contributed by atoms with Crippen molar-refractivity contribution in [2.45, 2.75) is 11.8 Å². The first-order chi connectivity index (χ1) is 12.9. The molecule has 0 heterocycles. The van der Waals surface area contributed by atoms with E-state index in [4.69, 9.17) is 5.11 Å². The summed E-state index contributed by atoms with van der Waals surface area (Å²) in [5, 5.41) is 32.0. The molecule has 0 spiro atoms. The van der Waals surface area contributed by atoms with Gasteiger partial charge in [-0.1, -0.05) is 23.8 Å². The molecule has 2 N–H and O–H groups in total. The molecule has 0 aliphatic rings. The lowest BCUT2D eigenvalue weighted by molar-refractivity contribution is -0.387. The van der Waals surface area contributed by atoms with Crippen molar-refractivity contribution in [3.05, 3.63) is 69.3 Å². The first-order valence-electron chi connectivity index (χ1n) is 7.96. The number of aliphatic hydroxyl groups excluding tert-OH is 1. The molecule has 138 valence electrons. The number of rotatable bonds is 7. The van der Waals surface area contributed by atoms with Gasteiger partial charge in [0.15, 0.2) is 0 Å². The Labute approximate surface area is 160 Å². The Hall–Kier alpha value is -3.15. The van der Waals surface area contributed by atoms with E-state index in [-0.39, 0.29) is 17.9 Å². The van der Waals surface area contributed by atoms with E-state index in [1.165, 1.54) is 18.2 Å². The average molecular weight is 383 g/mol. The minimum atomic E-state index is -0.595. The van der Waals surface area contributed by atoms with Crippen LogP contribution < -0.4 is 5.32 Å². The van der Waals surface area contributed by atoms with Crippen LogP contribution in [0.2, 0.25) is 0 Å². The van der Waals surface area contributed by atoms with Crippen LogP contribution >= 0.6 is 11.8 Å². The fourth-order valence-electron chi connectivity index (χ4n) is 2.20. The Morgan fingerprint density at radius 2 is 2.04 bits per heavy atom. The Balaban J connectivity index is 2.26. The fraction of sp³-hybridized carbons (Fsp3) is 0.158. The zero-order valence-corrected chi connectivity index (χ0v) is 15.3. The van der Waals surface area contributed by atoms with Gasteiger partial charge in [0.05, 0.1) is 16.4 Å². The number of thioether (sulfide) groups is 1. The van der Waals surface area contributed by atoms with E-state index in [0.29, 0.717) is 21.9 Å². The normalized spacial score (nSPS) is 10.9. The third-order valence-electron chi connectivity index (χ3n) is 3.51. The molecule has 0 fully saturated rings. The number of hydrogen-bond donors (Lipinski definition) is 2. The third kappa shape index (κ3) is 5.67. The van der Waals surface area contributed by atoms with Gasteiger partial charge in [-0.3, -0.25) is 14.9 Å². The van der Waals surface area contributed by atoms with Crippen molar-refractivity contribution in [3.8, 4) is 6.07 Å². The standard InChI is InChI=1S/C19H17N3O4S/c1-13-2-5-16(6-3-13)21-19(24)15(12-20)10-14-4-7-18(27-9-8-23)17(11-14)22(25)26/h2-7,10-11,23H,8-9H2,1H3,(H,21,24). The van der Waals surface area contributed by atoms with Crippen LogP contribution in [0.4, 0.5) is 11.4 Å². The van der Waals surface area contributed by atoms with Gasteiger partial charge < -0.3 is 10.4 Å². The van der Waals surface area contributed by atoms with Crippen LogP contribution in [0, 0.1) is 28.4 Å². The van der Waals surface area contributed by atoms with Crippen molar-refractivity contribution in [2.75, 3.05) is 17.7 Å². The monoisotopic (exact) mass is 383 g/mol. The summed E-state index contributed by atoms with van der Waals surface area (Å²) >= 11 is 1.16. The first-order valence-corrected chi connectivity index (χ1v) is 8.95. The van der Waals surface area contributed by atoms with Crippen LogP contribution in [0.3, 0.4) is 0 Å². The molecule has 0 aliphatic carbocycles. The number of nitrogens with one attached hydrogen (secondary N) is 1. The number of benzene rings is 2. The molecule has 0 saturated carbocycles. The average Bonchev–Trinajstić information content (AvgIpc) is 2.66. The van der Waals surface area contributed by atoms with Crippen LogP contribution in [0.15, 0.2) is 52.9 Å². The summed E-state index contributed by atoms with van der Waals surface area (Å²) in [6, 6.07) is 13.4. The Morgan fingerprint density at radius 3 is 2.63 bits per heavy atom. The second-order valence-electron chi connectivity index (χ2n) is 5.55. The highest BCUT2D eigenvalue weighted by atomic mass is 32.2. The van der Waals surface area contributed by atoms with Crippen molar-refractivity contribution in [2.24, 2.45) is 0 Å². The van der Waals surface area contributed by atoms with Gasteiger partial charge in [-0.15, -0.1) is 11.8 Å². The summed E-state index contributed by atoms with van der Waals surface area (Å²) in [6.07, 6.45) is 1.30. The fourth-order valence-corrected chi connectivity index (χ4v) is 2.95. The van der Waals surface area contributed by atoms with E-state index in [1.807, 2.05) is 25.1 Å². The molecule has 0 aromatic heterocycles. The molecule has 2 rings (SSSR count). The molecule has 0 unspecified atom stereocenters. The molecule has 0 bridgehead atoms. The molecule has 0 aliphatic heterocycles. The lowest BCUT2D eigenvalue weighted by Gasteiger charge is -2.06. The maximum atomic E-state index is 12.3. The predicted molar refractivity (Wildman–Crippen MR) is 104 cm³/mol. The Kier molecular flexibility index (Phi) is 7.11. The quantitative estimate of drug-likeness (QED) is 0.248. The van der Waals surface area contributed by atoms with Crippen LogP contribution in [-0.4, -0.2) is 28.3 Å². The summed E-state index contributed by atoms with van der Waals surface area (Å²) in [5.41, 5.74) is 1.65. The van der Waals surface area contributed by atoms with Crippen LogP contribution in [0.25, 0.3) is 6.08 Å². The van der Waals surface area contributed by atoms with Crippen molar-refractivity contribution in [1.29, 1.82) is 5.26 Å². The Bertz CT molecular complexity index is 918. The maximum absolute atomic E-state index is 12.3. The molecule has 0 radical (unpaired) electrons. The van der Waals surface area contributed by atoms with E-state index in [0.717, 1.165) is 17.3 Å². The number of nitriles is 1. The summed E-state index contributed by atoms with van der Waals surface area (Å²) in [6.45, 7) is 1.82. The van der Waals surface area contributed by atoms with E-state index >= 15 is 0 Å². The van der Waals surface area contributed by atoms with Crippen molar-refractivity contribution in [1.82, 2.24) is 0 Å². The third-order valence-corrected chi connectivity index (χ3v) is 4.56. The summed E-state index contributed by atoms with van der Waals surface area (Å²) in [5.74, 6) is -0.263. The number of amides is 1. The number of carbonyl (C=O) groups is 1. The van der Waals surface area contributed by atoms with Gasteiger partial charge in [0.25, 0.3) is 11.6 Å². The zero-order valence-electron chi connectivity index (χ0n) is 14.5. The van der Waals surface area contributed by atoms with Crippen LogP contribution in [0.1, 0.15) is 11.1 Å². The predicted octanol–water partition coefficient (Wildman–Crippen LogP) is 3.53. The zero-order chi connectivity index (χ0) is 19.8. The van der Waals surface area contributed by atoms with Gasteiger partial charge >= 0.3 is 0 Å². The number of aliphatic hydroxyl groups is 1. The van der Waals surface area contributed by atoms with E-state index < -0.39 is 10.8 Å². The highest BCUT2D eigenvalue weighted by Gasteiger charge is 2.16. The number of nitrogens with zero attached hydrogens (tertiary/aromatic N) is 2. The molecular formula is C19H17N3O4S. The van der Waals surface area contributed by atoms with E-state index in [2.05, 4.69) is 5.32 Å². The number of hydrogen-bond acceptors (Lipinski definition) is 6. The van der Waals surface area contributed by atoms with Crippen molar-refractivity contribution < 1.29 is 14.8 Å². The minimum absolute atomic E-state index is 0.0960. The van der Waals surface area contributed by atoms with Gasteiger partial charge in [-0.2, -0.15) is 5.26 Å². The molecule has 7 nitrogen and oxygen atoms in total. The smallest absolute Gasteiger partial charge is 0.283 e. The molecule has 2 aromatic rings. The number of carbonyl (C=O) groups excluding carboxylic acids is 1. The summed E-state index contributed by atoms with van der Waals surface area (Å²) < 4.78 is 0.